The van der Waals surface area contributed by atoms with E-state index in [0.717, 1.165) is 12.8 Å². The van der Waals surface area contributed by atoms with Crippen molar-refractivity contribution in [3.05, 3.63) is 0 Å². The van der Waals surface area contributed by atoms with Crippen LogP contribution in [0.15, 0.2) is 0 Å². The van der Waals surface area contributed by atoms with Crippen molar-refractivity contribution >= 4 is 11.9 Å². The average Bonchev–Trinajstić information content (AvgIpc) is 2.60. The number of carboxylic acid groups (broad SMARTS) is 1. The molecule has 13 heavy (non-hydrogen) atoms. The number of fused-ring (bicyclic) bond motifs is 1. The molecule has 4 heteroatoms. The maximum absolute atomic E-state index is 11.4. The van der Waals surface area contributed by atoms with E-state index in [9.17, 15) is 9.59 Å². The topological polar surface area (TPSA) is 66.4 Å². The zero-order valence-electron chi connectivity index (χ0n) is 7.06. The van der Waals surface area contributed by atoms with E-state index in [4.69, 9.17) is 5.11 Å². The van der Waals surface area contributed by atoms with Crippen LogP contribution in [0.25, 0.3) is 0 Å². The van der Waals surface area contributed by atoms with Crippen LogP contribution in [-0.2, 0) is 9.59 Å². The summed E-state index contributed by atoms with van der Waals surface area (Å²) in [7, 11) is 0. The Hall–Kier alpha value is -1.06. The van der Waals surface area contributed by atoms with E-state index in [1.165, 1.54) is 0 Å². The Morgan fingerprint density at radius 1 is 1.46 bits per heavy atom. The van der Waals surface area contributed by atoms with E-state index in [1.807, 2.05) is 0 Å². The van der Waals surface area contributed by atoms with E-state index in [-0.39, 0.29) is 23.8 Å². The third kappa shape index (κ3) is 0.716. The molecule has 2 saturated carbocycles. The highest BCUT2D eigenvalue weighted by atomic mass is 16.4. The molecule has 70 valence electrons. The van der Waals surface area contributed by atoms with Crippen LogP contribution in [0.1, 0.15) is 12.8 Å². The van der Waals surface area contributed by atoms with Gasteiger partial charge in [-0.3, -0.25) is 9.59 Å². The molecule has 1 amide bonds. The fourth-order valence-electron chi connectivity index (χ4n) is 3.52. The van der Waals surface area contributed by atoms with Crippen molar-refractivity contribution in [2.75, 3.05) is 0 Å². The summed E-state index contributed by atoms with van der Waals surface area (Å²) >= 11 is 0. The highest BCUT2D eigenvalue weighted by Crippen LogP contribution is 2.55. The molecule has 1 saturated heterocycles. The van der Waals surface area contributed by atoms with Crippen molar-refractivity contribution in [1.29, 1.82) is 0 Å². The molecule has 0 spiro atoms. The first-order valence-electron chi connectivity index (χ1n) is 4.71. The number of carbonyl (C=O) groups is 2. The number of carboxylic acids is 1. The summed E-state index contributed by atoms with van der Waals surface area (Å²) in [6.45, 7) is 0. The maximum Gasteiger partial charge on any atom is 0.307 e. The average molecular weight is 181 g/mol. The summed E-state index contributed by atoms with van der Waals surface area (Å²) in [5.41, 5.74) is 0. The summed E-state index contributed by atoms with van der Waals surface area (Å²) < 4.78 is 0. The minimum atomic E-state index is -0.784. The van der Waals surface area contributed by atoms with Crippen molar-refractivity contribution in [2.24, 2.45) is 23.7 Å². The van der Waals surface area contributed by atoms with Crippen molar-refractivity contribution in [3.8, 4) is 0 Å². The predicted octanol–water partition coefficient (Wildman–Crippen LogP) is -0.158. The number of carbonyl (C=O) groups excluding carboxylic acids is 1. The number of aliphatic carboxylic acids is 1. The van der Waals surface area contributed by atoms with Crippen molar-refractivity contribution in [1.82, 2.24) is 5.32 Å². The molecule has 0 aromatic heterocycles. The first-order valence-corrected chi connectivity index (χ1v) is 4.71. The van der Waals surface area contributed by atoms with Crippen LogP contribution in [0.5, 0.6) is 0 Å². The van der Waals surface area contributed by atoms with Crippen LogP contribution in [0.2, 0.25) is 0 Å². The monoisotopic (exact) mass is 181 g/mol. The van der Waals surface area contributed by atoms with Gasteiger partial charge in [-0.25, -0.2) is 0 Å². The lowest BCUT2D eigenvalue weighted by Gasteiger charge is -2.21. The lowest BCUT2D eigenvalue weighted by atomic mass is 9.80. The normalized spacial score (nSPS) is 51.1. The van der Waals surface area contributed by atoms with Gasteiger partial charge in [0, 0.05) is 6.04 Å². The van der Waals surface area contributed by atoms with Gasteiger partial charge in [-0.15, -0.1) is 0 Å². The van der Waals surface area contributed by atoms with Gasteiger partial charge in [0.2, 0.25) is 5.91 Å². The van der Waals surface area contributed by atoms with Crippen LogP contribution in [0.3, 0.4) is 0 Å². The van der Waals surface area contributed by atoms with E-state index < -0.39 is 11.9 Å². The molecular weight excluding hydrogens is 170 g/mol. The smallest absolute Gasteiger partial charge is 0.307 e. The summed E-state index contributed by atoms with van der Waals surface area (Å²) in [6.07, 6.45) is 1.81. The lowest BCUT2D eigenvalue weighted by molar-refractivity contribution is -0.147. The van der Waals surface area contributed by atoms with Crippen LogP contribution >= 0.6 is 0 Å². The lowest BCUT2D eigenvalue weighted by Crippen LogP contribution is -2.31. The van der Waals surface area contributed by atoms with Crippen molar-refractivity contribution in [2.45, 2.75) is 18.9 Å². The second-order valence-corrected chi connectivity index (χ2v) is 4.40. The molecule has 2 N–H and O–H groups in total. The quantitative estimate of drug-likeness (QED) is 0.590. The number of hydrogen-bond acceptors (Lipinski definition) is 2. The summed E-state index contributed by atoms with van der Waals surface area (Å²) in [6, 6.07) is 0.290. The first kappa shape index (κ1) is 7.35. The number of amides is 1. The Morgan fingerprint density at radius 2 is 2.23 bits per heavy atom. The molecule has 2 aliphatic carbocycles. The number of rotatable bonds is 1. The fraction of sp³-hybridized carbons (Fsp3) is 0.778. The highest BCUT2D eigenvalue weighted by molar-refractivity contribution is 5.89. The Balaban J connectivity index is 2.01. The third-order valence-corrected chi connectivity index (χ3v) is 3.92. The van der Waals surface area contributed by atoms with Gasteiger partial charge in [0.15, 0.2) is 0 Å². The molecule has 0 aromatic rings. The standard InChI is InChI=1S/C9H11NO3/c11-8-7-4-1-3(2-5(4)10-8)6(7)9(12)13/h3-7H,1-2H2,(H,10,11)(H,12,13). The van der Waals surface area contributed by atoms with Crippen LogP contribution < -0.4 is 5.32 Å². The minimum absolute atomic E-state index is 0.0256. The summed E-state index contributed by atoms with van der Waals surface area (Å²) in [5.74, 6) is -0.865. The Kier molecular flexibility index (Phi) is 1.16. The van der Waals surface area contributed by atoms with Crippen LogP contribution in [0, 0.1) is 23.7 Å². The summed E-state index contributed by atoms with van der Waals surface area (Å²) in [4.78, 5) is 22.4. The van der Waals surface area contributed by atoms with Gasteiger partial charge in [-0.2, -0.15) is 0 Å². The third-order valence-electron chi connectivity index (χ3n) is 3.92. The van der Waals surface area contributed by atoms with E-state index in [0.29, 0.717) is 5.92 Å². The van der Waals surface area contributed by atoms with Gasteiger partial charge in [-0.05, 0) is 24.7 Å². The molecule has 3 fully saturated rings. The molecule has 1 heterocycles. The first-order chi connectivity index (χ1) is 6.18. The zero-order valence-corrected chi connectivity index (χ0v) is 7.06. The van der Waals surface area contributed by atoms with Gasteiger partial charge < -0.3 is 10.4 Å². The molecule has 1 aliphatic heterocycles. The van der Waals surface area contributed by atoms with E-state index in [1.54, 1.807) is 0 Å². The van der Waals surface area contributed by atoms with Gasteiger partial charge in [0.1, 0.15) is 0 Å². The number of nitrogens with one attached hydrogen (secondary N) is 1. The molecule has 0 aromatic carbocycles. The molecular formula is C9H11NO3. The van der Waals surface area contributed by atoms with E-state index >= 15 is 0 Å². The van der Waals surface area contributed by atoms with Crippen LogP contribution in [-0.4, -0.2) is 23.0 Å². The molecule has 4 nitrogen and oxygen atoms in total. The molecule has 3 rings (SSSR count). The number of hydrogen-bond donors (Lipinski definition) is 2. The van der Waals surface area contributed by atoms with Crippen molar-refractivity contribution < 1.29 is 14.7 Å². The van der Waals surface area contributed by atoms with Gasteiger partial charge >= 0.3 is 5.97 Å². The fourth-order valence-corrected chi connectivity index (χ4v) is 3.52. The predicted molar refractivity (Wildman–Crippen MR) is 42.8 cm³/mol. The minimum Gasteiger partial charge on any atom is -0.481 e. The Bertz CT molecular complexity index is 299. The zero-order chi connectivity index (χ0) is 9.16. The highest BCUT2D eigenvalue weighted by Gasteiger charge is 2.62. The van der Waals surface area contributed by atoms with Gasteiger partial charge in [0.25, 0.3) is 0 Å². The SMILES string of the molecule is O=C(O)C1C2CC3NC(=O)C1C3C2. The Labute approximate surface area is 75.3 Å². The van der Waals surface area contributed by atoms with Crippen LogP contribution in [0.4, 0.5) is 0 Å². The molecule has 0 radical (unpaired) electrons. The molecule has 2 bridgehead atoms. The Morgan fingerprint density at radius 3 is 2.92 bits per heavy atom. The maximum atomic E-state index is 11.4. The van der Waals surface area contributed by atoms with Gasteiger partial charge in [-0.1, -0.05) is 0 Å². The largest absolute Gasteiger partial charge is 0.481 e. The molecule has 3 aliphatic rings. The second kappa shape index (κ2) is 2.05. The van der Waals surface area contributed by atoms with Gasteiger partial charge in [0.05, 0.1) is 11.8 Å². The van der Waals surface area contributed by atoms with E-state index in [2.05, 4.69) is 5.32 Å². The second-order valence-electron chi connectivity index (χ2n) is 4.40. The van der Waals surface area contributed by atoms with Crippen molar-refractivity contribution in [3.63, 3.8) is 0 Å². The summed E-state index contributed by atoms with van der Waals surface area (Å²) in [5, 5.41) is 11.9. The molecule has 5 unspecified atom stereocenters. The molecule has 5 atom stereocenters.